The number of amides is 2. The van der Waals surface area contributed by atoms with E-state index in [9.17, 15) is 14.4 Å². The van der Waals surface area contributed by atoms with Crippen LogP contribution < -0.4 is 10.6 Å². The van der Waals surface area contributed by atoms with E-state index in [1.807, 2.05) is 12.1 Å². The van der Waals surface area contributed by atoms with Gasteiger partial charge in [0.05, 0.1) is 16.8 Å². The molecule has 3 rings (SSSR count). The number of hydrogen-bond acceptors (Lipinski definition) is 3. The Labute approximate surface area is 191 Å². The molecule has 0 radical (unpaired) electrons. The van der Waals surface area contributed by atoms with E-state index in [4.69, 9.17) is 16.7 Å². The lowest BCUT2D eigenvalue weighted by molar-refractivity contribution is 0.0696. The molecule has 0 heterocycles. The van der Waals surface area contributed by atoms with Crippen LogP contribution in [0.25, 0.3) is 0 Å². The quantitative estimate of drug-likeness (QED) is 0.455. The van der Waals surface area contributed by atoms with Gasteiger partial charge in [0.2, 0.25) is 0 Å². The van der Waals surface area contributed by atoms with E-state index in [1.165, 1.54) is 36.4 Å². The standard InChI is InChI=1S/C25H23ClN2O4/c1-25(2,3)17-9-7-15(8-10-17)22(29)28-21-14-18(26)11-12-20(21)23(30)27-19-6-4-5-16(13-19)24(31)32/h4-14H,1-3H3,(H,27,30)(H,28,29)(H,31,32). The summed E-state index contributed by atoms with van der Waals surface area (Å²) in [6.45, 7) is 6.27. The van der Waals surface area contributed by atoms with Crippen LogP contribution in [0.4, 0.5) is 11.4 Å². The van der Waals surface area contributed by atoms with E-state index in [-0.39, 0.29) is 28.1 Å². The molecule has 2 amide bonds. The van der Waals surface area contributed by atoms with Gasteiger partial charge in [0.1, 0.15) is 0 Å². The molecule has 0 saturated heterocycles. The fourth-order valence-corrected chi connectivity index (χ4v) is 3.23. The fourth-order valence-electron chi connectivity index (χ4n) is 3.06. The Morgan fingerprint density at radius 3 is 2.12 bits per heavy atom. The average Bonchev–Trinajstić information content (AvgIpc) is 2.73. The van der Waals surface area contributed by atoms with Gasteiger partial charge in [0.25, 0.3) is 11.8 Å². The molecule has 0 aliphatic rings. The van der Waals surface area contributed by atoms with Crippen molar-refractivity contribution in [2.45, 2.75) is 26.2 Å². The van der Waals surface area contributed by atoms with E-state index in [1.54, 1.807) is 18.2 Å². The van der Waals surface area contributed by atoms with Crippen LogP contribution in [0.2, 0.25) is 5.02 Å². The third kappa shape index (κ3) is 5.53. The van der Waals surface area contributed by atoms with E-state index in [0.717, 1.165) is 5.56 Å². The first-order valence-electron chi connectivity index (χ1n) is 9.91. The number of hydrogen-bond donors (Lipinski definition) is 3. The number of nitrogens with one attached hydrogen (secondary N) is 2. The van der Waals surface area contributed by atoms with Gasteiger partial charge >= 0.3 is 5.97 Å². The lowest BCUT2D eigenvalue weighted by Crippen LogP contribution is -2.19. The summed E-state index contributed by atoms with van der Waals surface area (Å²) in [5.74, 6) is -1.99. The van der Waals surface area contributed by atoms with Crippen molar-refractivity contribution in [3.05, 3.63) is 94.0 Å². The van der Waals surface area contributed by atoms with Gasteiger partial charge in [0.15, 0.2) is 0 Å². The summed E-state index contributed by atoms with van der Waals surface area (Å²) in [6, 6.07) is 17.7. The Morgan fingerprint density at radius 1 is 0.812 bits per heavy atom. The maximum Gasteiger partial charge on any atom is 0.335 e. The molecule has 164 valence electrons. The lowest BCUT2D eigenvalue weighted by Gasteiger charge is -2.19. The highest BCUT2D eigenvalue weighted by Crippen LogP contribution is 2.25. The first-order chi connectivity index (χ1) is 15.0. The second-order valence-corrected chi connectivity index (χ2v) is 8.75. The molecule has 0 bridgehead atoms. The largest absolute Gasteiger partial charge is 0.478 e. The molecular formula is C25H23ClN2O4. The van der Waals surface area contributed by atoms with Crippen LogP contribution >= 0.6 is 11.6 Å². The van der Waals surface area contributed by atoms with E-state index < -0.39 is 11.9 Å². The zero-order chi connectivity index (χ0) is 23.5. The molecule has 32 heavy (non-hydrogen) atoms. The van der Waals surface area contributed by atoms with Crippen molar-refractivity contribution < 1.29 is 19.5 Å². The van der Waals surface area contributed by atoms with Crippen LogP contribution in [0.1, 0.15) is 57.4 Å². The molecule has 0 aromatic heterocycles. The van der Waals surface area contributed by atoms with Crippen molar-refractivity contribution in [1.82, 2.24) is 0 Å². The molecule has 3 aromatic rings. The summed E-state index contributed by atoms with van der Waals surface area (Å²) in [5.41, 5.74) is 2.31. The minimum atomic E-state index is -1.10. The Kier molecular flexibility index (Phi) is 6.65. The van der Waals surface area contributed by atoms with Crippen LogP contribution in [0.3, 0.4) is 0 Å². The van der Waals surface area contributed by atoms with Crippen LogP contribution in [-0.4, -0.2) is 22.9 Å². The fraction of sp³-hybridized carbons (Fsp3) is 0.160. The number of rotatable bonds is 5. The van der Waals surface area contributed by atoms with Crippen molar-refractivity contribution in [3.8, 4) is 0 Å². The number of halogens is 1. The number of benzene rings is 3. The van der Waals surface area contributed by atoms with Gasteiger partial charge in [-0.3, -0.25) is 9.59 Å². The second-order valence-electron chi connectivity index (χ2n) is 8.31. The van der Waals surface area contributed by atoms with E-state index >= 15 is 0 Å². The van der Waals surface area contributed by atoms with Gasteiger partial charge in [-0.2, -0.15) is 0 Å². The maximum atomic E-state index is 12.8. The number of carboxylic acid groups (broad SMARTS) is 1. The van der Waals surface area contributed by atoms with Gasteiger partial charge in [-0.1, -0.05) is 50.6 Å². The lowest BCUT2D eigenvalue weighted by atomic mass is 9.86. The summed E-state index contributed by atoms with van der Waals surface area (Å²) in [7, 11) is 0. The molecule has 0 saturated carbocycles. The first-order valence-corrected chi connectivity index (χ1v) is 10.3. The number of carboxylic acids is 1. The Morgan fingerprint density at radius 2 is 1.50 bits per heavy atom. The van der Waals surface area contributed by atoms with Crippen LogP contribution in [-0.2, 0) is 5.41 Å². The van der Waals surface area contributed by atoms with Crippen molar-refractivity contribution in [1.29, 1.82) is 0 Å². The van der Waals surface area contributed by atoms with Crippen LogP contribution in [0.5, 0.6) is 0 Å². The number of anilines is 2. The third-order valence-electron chi connectivity index (χ3n) is 4.85. The summed E-state index contributed by atoms with van der Waals surface area (Å²) in [4.78, 5) is 36.8. The molecule has 0 spiro atoms. The Bertz CT molecular complexity index is 1180. The molecule has 3 N–H and O–H groups in total. The minimum Gasteiger partial charge on any atom is -0.478 e. The topological polar surface area (TPSA) is 95.5 Å². The van der Waals surface area contributed by atoms with Crippen molar-refractivity contribution >= 4 is 40.8 Å². The Hall–Kier alpha value is -3.64. The second kappa shape index (κ2) is 9.24. The van der Waals surface area contributed by atoms with Gasteiger partial charge in [-0.15, -0.1) is 0 Å². The molecule has 0 atom stereocenters. The number of carbonyl (C=O) groups excluding carboxylic acids is 2. The minimum absolute atomic E-state index is 0.0365. The van der Waals surface area contributed by atoms with Crippen molar-refractivity contribution in [2.75, 3.05) is 10.6 Å². The van der Waals surface area contributed by atoms with Gasteiger partial charge in [-0.25, -0.2) is 4.79 Å². The van der Waals surface area contributed by atoms with E-state index in [2.05, 4.69) is 31.4 Å². The summed E-state index contributed by atoms with van der Waals surface area (Å²) < 4.78 is 0. The SMILES string of the molecule is CC(C)(C)c1ccc(C(=O)Nc2cc(Cl)ccc2C(=O)Nc2cccc(C(=O)O)c2)cc1. The number of aromatic carboxylic acids is 1. The Balaban J connectivity index is 1.83. The predicted octanol–water partition coefficient (Wildman–Crippen LogP) is 5.84. The molecule has 6 nitrogen and oxygen atoms in total. The smallest absolute Gasteiger partial charge is 0.335 e. The molecule has 0 aliphatic carbocycles. The number of carbonyl (C=O) groups is 3. The van der Waals surface area contributed by atoms with Gasteiger partial charge in [0, 0.05) is 16.3 Å². The summed E-state index contributed by atoms with van der Waals surface area (Å²) >= 11 is 6.09. The molecule has 3 aromatic carbocycles. The van der Waals surface area contributed by atoms with Gasteiger partial charge in [-0.05, 0) is 59.5 Å². The highest BCUT2D eigenvalue weighted by atomic mass is 35.5. The zero-order valence-electron chi connectivity index (χ0n) is 17.9. The average molecular weight is 451 g/mol. The van der Waals surface area contributed by atoms with E-state index in [0.29, 0.717) is 16.3 Å². The van der Waals surface area contributed by atoms with Crippen LogP contribution in [0.15, 0.2) is 66.7 Å². The maximum absolute atomic E-state index is 12.8. The normalized spacial score (nSPS) is 11.0. The molecule has 0 unspecified atom stereocenters. The predicted molar refractivity (Wildman–Crippen MR) is 126 cm³/mol. The monoisotopic (exact) mass is 450 g/mol. The first kappa shape index (κ1) is 23.0. The molecular weight excluding hydrogens is 428 g/mol. The van der Waals surface area contributed by atoms with Gasteiger partial charge < -0.3 is 15.7 Å². The molecule has 0 fully saturated rings. The third-order valence-corrected chi connectivity index (χ3v) is 5.09. The molecule has 0 aliphatic heterocycles. The van der Waals surface area contributed by atoms with Crippen LogP contribution in [0, 0.1) is 0 Å². The van der Waals surface area contributed by atoms with Crippen molar-refractivity contribution in [2.24, 2.45) is 0 Å². The van der Waals surface area contributed by atoms with Crippen molar-refractivity contribution in [3.63, 3.8) is 0 Å². The summed E-state index contributed by atoms with van der Waals surface area (Å²) in [6.07, 6.45) is 0. The highest BCUT2D eigenvalue weighted by Gasteiger charge is 2.18. The highest BCUT2D eigenvalue weighted by molar-refractivity contribution is 6.31. The summed E-state index contributed by atoms with van der Waals surface area (Å²) in [5, 5.41) is 14.9. The zero-order valence-corrected chi connectivity index (χ0v) is 18.7. The molecule has 7 heteroatoms.